The monoisotopic (exact) mass is 401 g/mol. The number of ether oxygens (including phenoxy) is 1. The van der Waals surface area contributed by atoms with Crippen LogP contribution in [0.2, 0.25) is 0 Å². The van der Waals surface area contributed by atoms with Gasteiger partial charge < -0.3 is 15.2 Å². The van der Waals surface area contributed by atoms with Gasteiger partial charge in [0.15, 0.2) is 5.69 Å². The second-order valence-electron chi connectivity index (χ2n) is 7.90. The van der Waals surface area contributed by atoms with Gasteiger partial charge in [-0.05, 0) is 12.5 Å². The van der Waals surface area contributed by atoms with Gasteiger partial charge in [-0.15, -0.1) is 0 Å². The average molecular weight is 402 g/mol. The van der Waals surface area contributed by atoms with Crippen LogP contribution in [0.25, 0.3) is 0 Å². The summed E-state index contributed by atoms with van der Waals surface area (Å²) in [4.78, 5) is 29.4. The Morgan fingerprint density at radius 2 is 1.90 bits per heavy atom. The van der Waals surface area contributed by atoms with Gasteiger partial charge in [0.1, 0.15) is 5.82 Å². The van der Waals surface area contributed by atoms with E-state index in [0.717, 1.165) is 11.1 Å². The smallest absolute Gasteiger partial charge is 0.296 e. The van der Waals surface area contributed by atoms with Crippen molar-refractivity contribution < 1.29 is 14.6 Å². The summed E-state index contributed by atoms with van der Waals surface area (Å²) in [6, 6.07) is 7.73. The molecule has 158 valence electrons. The maximum absolute atomic E-state index is 12.5. The summed E-state index contributed by atoms with van der Waals surface area (Å²) in [7, 11) is 0. The van der Waals surface area contributed by atoms with Crippen molar-refractivity contribution in [3.8, 4) is 5.75 Å². The Bertz CT molecular complexity index is 902. The number of amides is 1. The molecular weight excluding hydrogens is 370 g/mol. The number of nitrogens with one attached hydrogen (secondary N) is 1. The molecule has 0 bridgehead atoms. The van der Waals surface area contributed by atoms with Crippen LogP contribution in [0.5, 0.6) is 5.75 Å². The highest BCUT2D eigenvalue weighted by molar-refractivity contribution is 5.94. The summed E-state index contributed by atoms with van der Waals surface area (Å²) in [6.07, 6.45) is 1.25. The second-order valence-corrected chi connectivity index (χ2v) is 7.90. The Kier molecular flexibility index (Phi) is 7.56. The molecule has 7 heteroatoms. The molecule has 2 heterocycles. The van der Waals surface area contributed by atoms with Gasteiger partial charge in [-0.1, -0.05) is 63.9 Å². The molecule has 3 rings (SSSR count). The first-order chi connectivity index (χ1) is 13.7. The largest absolute Gasteiger partial charge is 0.501 e. The minimum atomic E-state index is -0.632. The van der Waals surface area contributed by atoms with Crippen LogP contribution in [-0.2, 0) is 23.2 Å². The predicted octanol–water partition coefficient (Wildman–Crippen LogP) is 2.91. The molecule has 29 heavy (non-hydrogen) atoms. The fourth-order valence-electron chi connectivity index (χ4n) is 2.95. The van der Waals surface area contributed by atoms with Crippen LogP contribution in [0.4, 0.5) is 0 Å². The van der Waals surface area contributed by atoms with Gasteiger partial charge in [0.25, 0.3) is 11.5 Å². The molecule has 7 nitrogen and oxygen atoms in total. The Hall–Kier alpha value is -2.67. The van der Waals surface area contributed by atoms with Gasteiger partial charge in [-0.25, -0.2) is 4.98 Å². The molecule has 0 saturated heterocycles. The zero-order valence-corrected chi connectivity index (χ0v) is 17.9. The van der Waals surface area contributed by atoms with E-state index in [1.807, 2.05) is 45.0 Å². The number of benzene rings is 1. The molecule has 2 aromatic rings. The Morgan fingerprint density at radius 3 is 2.52 bits per heavy atom. The Balaban J connectivity index is 0.000000941. The van der Waals surface area contributed by atoms with E-state index >= 15 is 0 Å². The highest BCUT2D eigenvalue weighted by Crippen LogP contribution is 2.25. The maximum Gasteiger partial charge on any atom is 0.296 e. The molecule has 1 aliphatic rings. The molecule has 0 saturated carbocycles. The fourth-order valence-corrected chi connectivity index (χ4v) is 2.95. The normalized spacial score (nSPS) is 14.8. The van der Waals surface area contributed by atoms with Gasteiger partial charge in [0, 0.05) is 12.0 Å². The van der Waals surface area contributed by atoms with E-state index in [4.69, 9.17) is 4.74 Å². The number of hydrogen-bond donors (Lipinski definition) is 2. The van der Waals surface area contributed by atoms with Gasteiger partial charge in [0.05, 0.1) is 19.8 Å². The molecule has 0 aliphatic carbocycles. The van der Waals surface area contributed by atoms with Crippen LogP contribution in [0.3, 0.4) is 0 Å². The summed E-state index contributed by atoms with van der Waals surface area (Å²) >= 11 is 0. The number of hydrogen-bond acceptors (Lipinski definition) is 5. The number of carbonyl (C=O) groups is 1. The zero-order valence-electron chi connectivity index (χ0n) is 17.9. The molecule has 0 unspecified atom stereocenters. The van der Waals surface area contributed by atoms with Crippen LogP contribution in [0.15, 0.2) is 29.1 Å². The fraction of sp³-hybridized carbons (Fsp3) is 0.500. The first-order valence-corrected chi connectivity index (χ1v) is 9.97. The van der Waals surface area contributed by atoms with Crippen LogP contribution in [0, 0.1) is 6.92 Å². The summed E-state index contributed by atoms with van der Waals surface area (Å²) in [6.45, 7) is 11.3. The lowest BCUT2D eigenvalue weighted by Crippen LogP contribution is -2.36. The van der Waals surface area contributed by atoms with E-state index in [2.05, 4.69) is 24.1 Å². The molecule has 1 amide bonds. The van der Waals surface area contributed by atoms with Crippen molar-refractivity contribution in [2.45, 2.75) is 59.5 Å². The summed E-state index contributed by atoms with van der Waals surface area (Å²) in [5.41, 5.74) is 0.638. The number of nitrogens with zero attached hydrogens (tertiary/aromatic N) is 2. The minimum absolute atomic E-state index is 0.247. The molecule has 1 aromatic carbocycles. The van der Waals surface area contributed by atoms with Gasteiger partial charge >= 0.3 is 0 Å². The van der Waals surface area contributed by atoms with Crippen LogP contribution < -0.4 is 10.9 Å². The molecule has 0 spiro atoms. The van der Waals surface area contributed by atoms with Crippen molar-refractivity contribution >= 4 is 5.91 Å². The predicted molar refractivity (Wildman–Crippen MR) is 112 cm³/mol. The van der Waals surface area contributed by atoms with E-state index in [-0.39, 0.29) is 12.2 Å². The number of rotatable bonds is 3. The maximum atomic E-state index is 12.5. The highest BCUT2D eigenvalue weighted by Gasteiger charge is 2.32. The minimum Gasteiger partial charge on any atom is -0.501 e. The number of carbonyl (C=O) groups excluding carboxylic acids is 1. The molecule has 0 radical (unpaired) electrons. The average Bonchev–Trinajstić information content (AvgIpc) is 2.82. The number of aromatic hydroxyl groups is 1. The molecule has 1 aliphatic heterocycles. The lowest BCUT2D eigenvalue weighted by molar-refractivity contribution is 0.0939. The first-order valence-electron chi connectivity index (χ1n) is 9.97. The zero-order chi connectivity index (χ0) is 21.6. The SMILES string of the molecule is CCC.Cc1ccc(CNC(=O)c2nc3n(c(=O)c2O)CCOCC3(C)C)cc1. The lowest BCUT2D eigenvalue weighted by atomic mass is 9.93. The topological polar surface area (TPSA) is 93.5 Å². The van der Waals surface area contributed by atoms with E-state index < -0.39 is 22.6 Å². The summed E-state index contributed by atoms with van der Waals surface area (Å²) < 4.78 is 6.91. The molecular formula is C22H31N3O4. The highest BCUT2D eigenvalue weighted by atomic mass is 16.5. The van der Waals surface area contributed by atoms with Gasteiger partial charge in [-0.2, -0.15) is 0 Å². The van der Waals surface area contributed by atoms with Crippen molar-refractivity contribution in [2.75, 3.05) is 13.2 Å². The van der Waals surface area contributed by atoms with Gasteiger partial charge in [0.2, 0.25) is 5.75 Å². The Morgan fingerprint density at radius 1 is 1.28 bits per heavy atom. The van der Waals surface area contributed by atoms with E-state index in [1.165, 1.54) is 11.0 Å². The van der Waals surface area contributed by atoms with Gasteiger partial charge in [-0.3, -0.25) is 14.2 Å². The number of aryl methyl sites for hydroxylation is 1. The number of fused-ring (bicyclic) bond motifs is 1. The first kappa shape index (κ1) is 22.6. The third-order valence-corrected chi connectivity index (χ3v) is 4.46. The second kappa shape index (κ2) is 9.69. The third-order valence-electron chi connectivity index (χ3n) is 4.46. The van der Waals surface area contributed by atoms with Crippen LogP contribution in [-0.4, -0.2) is 33.8 Å². The molecule has 0 fully saturated rings. The third kappa shape index (κ3) is 5.44. The number of aromatic nitrogens is 2. The van der Waals surface area contributed by atoms with Crippen molar-refractivity contribution in [1.82, 2.24) is 14.9 Å². The van der Waals surface area contributed by atoms with Crippen molar-refractivity contribution in [3.05, 3.63) is 57.3 Å². The lowest BCUT2D eigenvalue weighted by Gasteiger charge is -2.24. The van der Waals surface area contributed by atoms with E-state index in [9.17, 15) is 14.7 Å². The van der Waals surface area contributed by atoms with Crippen LogP contribution >= 0.6 is 0 Å². The van der Waals surface area contributed by atoms with Crippen molar-refractivity contribution in [2.24, 2.45) is 0 Å². The van der Waals surface area contributed by atoms with Crippen molar-refractivity contribution in [3.63, 3.8) is 0 Å². The molecule has 0 atom stereocenters. The quantitative estimate of drug-likeness (QED) is 0.825. The van der Waals surface area contributed by atoms with E-state index in [0.29, 0.717) is 25.6 Å². The van der Waals surface area contributed by atoms with Crippen molar-refractivity contribution in [1.29, 1.82) is 0 Å². The van der Waals surface area contributed by atoms with Crippen LogP contribution in [0.1, 0.15) is 61.6 Å². The standard InChI is InChI=1S/C19H23N3O4.C3H8/c1-12-4-6-13(7-5-12)10-20-16(24)14-15(23)17(25)22-8-9-26-11-19(2,3)18(22)21-14;1-3-2/h4-7,23H,8-11H2,1-3H3,(H,20,24);3H2,1-2H3. The molecule has 1 aromatic heterocycles. The summed E-state index contributed by atoms with van der Waals surface area (Å²) in [5, 5.41) is 12.9. The molecule has 2 N–H and O–H groups in total. The Labute approximate surface area is 171 Å². The van der Waals surface area contributed by atoms with E-state index in [1.54, 1.807) is 0 Å². The summed E-state index contributed by atoms with van der Waals surface area (Å²) in [5.74, 6) is -0.768.